The lowest BCUT2D eigenvalue weighted by Gasteiger charge is -2.31. The largest absolute Gasteiger partial charge is 0.378 e. The average Bonchev–Trinajstić information content (AvgIpc) is 2.98. The van der Waals surface area contributed by atoms with Gasteiger partial charge in [-0.3, -0.25) is 0 Å². The first kappa shape index (κ1) is 12.5. The van der Waals surface area contributed by atoms with Crippen LogP contribution in [0.3, 0.4) is 0 Å². The van der Waals surface area contributed by atoms with E-state index >= 15 is 0 Å². The van der Waals surface area contributed by atoms with Crippen LogP contribution in [0.4, 0.5) is 5.69 Å². The topological polar surface area (TPSA) is 27.8 Å². The van der Waals surface area contributed by atoms with Crippen molar-refractivity contribution in [3.63, 3.8) is 0 Å². The lowest BCUT2D eigenvalue weighted by Crippen LogP contribution is -2.19. The first-order valence-electron chi connectivity index (χ1n) is 7.74. The molecule has 2 heteroatoms. The van der Waals surface area contributed by atoms with Crippen molar-refractivity contribution in [3.05, 3.63) is 65.9 Å². The minimum absolute atomic E-state index is 0.425. The molecule has 3 aromatic rings. The molecular weight excluding hydrogens is 256 g/mol. The second kappa shape index (κ2) is 4.96. The van der Waals surface area contributed by atoms with Crippen molar-refractivity contribution in [1.82, 2.24) is 4.98 Å². The number of nitrogens with one attached hydrogen (secondary N) is 2. The predicted molar refractivity (Wildman–Crippen MR) is 88.8 cm³/mol. The van der Waals surface area contributed by atoms with Crippen molar-refractivity contribution < 1.29 is 0 Å². The van der Waals surface area contributed by atoms with E-state index in [0.717, 1.165) is 0 Å². The Bertz CT molecular complexity index is 772. The number of H-pyrrole nitrogens is 1. The fourth-order valence-electron chi connectivity index (χ4n) is 3.50. The molecule has 0 bridgehead atoms. The highest BCUT2D eigenvalue weighted by molar-refractivity contribution is 5.83. The molecule has 1 aliphatic rings. The van der Waals surface area contributed by atoms with Gasteiger partial charge in [-0.25, -0.2) is 0 Å². The van der Waals surface area contributed by atoms with Crippen LogP contribution < -0.4 is 5.32 Å². The summed E-state index contributed by atoms with van der Waals surface area (Å²) in [6, 6.07) is 18.0. The number of benzene rings is 2. The molecule has 0 spiro atoms. The zero-order chi connectivity index (χ0) is 14.2. The molecule has 106 valence electrons. The Hall–Kier alpha value is -2.22. The van der Waals surface area contributed by atoms with E-state index in [0.29, 0.717) is 12.0 Å². The summed E-state index contributed by atoms with van der Waals surface area (Å²) in [5.41, 5.74) is 5.36. The Balaban J connectivity index is 1.66. The van der Waals surface area contributed by atoms with Crippen molar-refractivity contribution >= 4 is 16.6 Å². The first-order valence-corrected chi connectivity index (χ1v) is 7.74. The molecule has 21 heavy (non-hydrogen) atoms. The van der Waals surface area contributed by atoms with Crippen molar-refractivity contribution in [1.29, 1.82) is 0 Å². The quantitative estimate of drug-likeness (QED) is 0.660. The van der Waals surface area contributed by atoms with Gasteiger partial charge in [0.1, 0.15) is 0 Å². The van der Waals surface area contributed by atoms with E-state index < -0.39 is 0 Å². The van der Waals surface area contributed by atoms with Crippen molar-refractivity contribution in [3.8, 4) is 0 Å². The fourth-order valence-corrected chi connectivity index (χ4v) is 3.50. The molecule has 0 radical (unpaired) electrons. The van der Waals surface area contributed by atoms with Crippen LogP contribution >= 0.6 is 0 Å². The van der Waals surface area contributed by atoms with Gasteiger partial charge in [-0.05, 0) is 54.2 Å². The van der Waals surface area contributed by atoms with Gasteiger partial charge in [0.2, 0.25) is 0 Å². The number of aromatic nitrogens is 1. The Morgan fingerprint density at radius 2 is 1.86 bits per heavy atom. The maximum Gasteiger partial charge on any atom is 0.0516 e. The Morgan fingerprint density at radius 3 is 2.76 bits per heavy atom. The second-order valence-electron chi connectivity index (χ2n) is 6.08. The Morgan fingerprint density at radius 1 is 1.00 bits per heavy atom. The number of aromatic amines is 1. The average molecular weight is 276 g/mol. The highest BCUT2D eigenvalue weighted by atomic mass is 14.9. The molecule has 1 heterocycles. The minimum Gasteiger partial charge on any atom is -0.378 e. The molecule has 2 aromatic carbocycles. The summed E-state index contributed by atoms with van der Waals surface area (Å²) >= 11 is 0. The summed E-state index contributed by atoms with van der Waals surface area (Å²) in [7, 11) is 0. The maximum atomic E-state index is 3.73. The van der Waals surface area contributed by atoms with E-state index in [2.05, 4.69) is 65.8 Å². The van der Waals surface area contributed by atoms with Crippen LogP contribution in [0, 0.1) is 0 Å². The van der Waals surface area contributed by atoms with Gasteiger partial charge in [-0.2, -0.15) is 0 Å². The third kappa shape index (κ3) is 2.21. The minimum atomic E-state index is 0.425. The normalized spacial score (nSPS) is 21.2. The van der Waals surface area contributed by atoms with E-state index in [1.807, 2.05) is 6.20 Å². The SMILES string of the molecule is CC1CCC(Nc2ccc3[nH]ccc3c2)c2ccccc21. The number of rotatable bonds is 2. The molecule has 2 unspecified atom stereocenters. The van der Waals surface area contributed by atoms with Gasteiger partial charge in [-0.1, -0.05) is 31.2 Å². The molecule has 2 nitrogen and oxygen atoms in total. The number of hydrogen-bond acceptors (Lipinski definition) is 1. The van der Waals surface area contributed by atoms with Crippen LogP contribution in [0.25, 0.3) is 10.9 Å². The molecular formula is C19H20N2. The lowest BCUT2D eigenvalue weighted by atomic mass is 9.81. The highest BCUT2D eigenvalue weighted by Crippen LogP contribution is 2.38. The van der Waals surface area contributed by atoms with Crippen LogP contribution in [-0.2, 0) is 0 Å². The monoisotopic (exact) mass is 276 g/mol. The predicted octanol–water partition coefficient (Wildman–Crippen LogP) is 5.22. The zero-order valence-electron chi connectivity index (χ0n) is 12.3. The standard InChI is InChI=1S/C19H20N2/c1-13-6-8-19(17-5-3-2-4-16(13)17)21-15-7-9-18-14(12-15)10-11-20-18/h2-5,7,9-13,19-21H,6,8H2,1H3. The third-order valence-electron chi connectivity index (χ3n) is 4.68. The summed E-state index contributed by atoms with van der Waals surface area (Å²) in [5.74, 6) is 0.673. The molecule has 4 rings (SSSR count). The molecule has 1 aliphatic carbocycles. The zero-order valence-corrected chi connectivity index (χ0v) is 12.3. The van der Waals surface area contributed by atoms with Crippen LogP contribution in [0.5, 0.6) is 0 Å². The van der Waals surface area contributed by atoms with Gasteiger partial charge >= 0.3 is 0 Å². The van der Waals surface area contributed by atoms with E-state index in [1.54, 1.807) is 0 Å². The maximum absolute atomic E-state index is 3.73. The number of anilines is 1. The van der Waals surface area contributed by atoms with E-state index in [1.165, 1.54) is 40.6 Å². The molecule has 0 amide bonds. The second-order valence-corrected chi connectivity index (χ2v) is 6.08. The smallest absolute Gasteiger partial charge is 0.0516 e. The number of fused-ring (bicyclic) bond motifs is 2. The first-order chi connectivity index (χ1) is 10.3. The molecule has 0 aliphatic heterocycles. The third-order valence-corrected chi connectivity index (χ3v) is 4.68. The summed E-state index contributed by atoms with van der Waals surface area (Å²) in [5, 5.41) is 4.99. The van der Waals surface area contributed by atoms with Gasteiger partial charge in [0.25, 0.3) is 0 Å². The van der Waals surface area contributed by atoms with Crippen molar-refractivity contribution in [2.24, 2.45) is 0 Å². The molecule has 1 aromatic heterocycles. The molecule has 0 saturated carbocycles. The summed E-state index contributed by atoms with van der Waals surface area (Å²) in [4.78, 5) is 3.24. The van der Waals surface area contributed by atoms with E-state index in [4.69, 9.17) is 0 Å². The van der Waals surface area contributed by atoms with Gasteiger partial charge in [0, 0.05) is 22.8 Å². The van der Waals surface area contributed by atoms with Crippen molar-refractivity contribution in [2.75, 3.05) is 5.32 Å². The van der Waals surface area contributed by atoms with Gasteiger partial charge in [-0.15, -0.1) is 0 Å². The van der Waals surface area contributed by atoms with Crippen LogP contribution in [0.2, 0.25) is 0 Å². The molecule has 2 N–H and O–H groups in total. The molecule has 0 saturated heterocycles. The highest BCUT2D eigenvalue weighted by Gasteiger charge is 2.24. The van der Waals surface area contributed by atoms with Crippen molar-refractivity contribution in [2.45, 2.75) is 31.7 Å². The Labute approximate surface area is 125 Å². The van der Waals surface area contributed by atoms with E-state index in [9.17, 15) is 0 Å². The molecule has 2 atom stereocenters. The van der Waals surface area contributed by atoms with Gasteiger partial charge in [0.15, 0.2) is 0 Å². The van der Waals surface area contributed by atoms with Crippen LogP contribution in [-0.4, -0.2) is 4.98 Å². The molecule has 0 fully saturated rings. The lowest BCUT2D eigenvalue weighted by molar-refractivity contribution is 0.535. The summed E-state index contributed by atoms with van der Waals surface area (Å²) in [6.45, 7) is 2.33. The summed E-state index contributed by atoms with van der Waals surface area (Å²) in [6.07, 6.45) is 4.44. The van der Waals surface area contributed by atoms with Gasteiger partial charge in [0.05, 0.1) is 6.04 Å². The van der Waals surface area contributed by atoms with Crippen LogP contribution in [0.15, 0.2) is 54.7 Å². The summed E-state index contributed by atoms with van der Waals surface area (Å²) < 4.78 is 0. The van der Waals surface area contributed by atoms with E-state index in [-0.39, 0.29) is 0 Å². The van der Waals surface area contributed by atoms with Crippen LogP contribution in [0.1, 0.15) is 42.9 Å². The fraction of sp³-hybridized carbons (Fsp3) is 0.263. The Kier molecular flexibility index (Phi) is 2.95. The number of hydrogen-bond donors (Lipinski definition) is 2. The van der Waals surface area contributed by atoms with Gasteiger partial charge < -0.3 is 10.3 Å².